The molecule has 0 spiro atoms. The molecule has 2 heteroatoms. The molecule has 0 aliphatic rings. The van der Waals surface area contributed by atoms with Crippen LogP contribution < -0.4 is 18.1 Å². The number of rotatable bonds is 1. The van der Waals surface area contributed by atoms with E-state index in [-0.39, 0.29) is 12.4 Å². The van der Waals surface area contributed by atoms with E-state index in [1.165, 1.54) is 0 Å². The molecule has 0 aromatic rings. The summed E-state index contributed by atoms with van der Waals surface area (Å²) in [5.41, 5.74) is 4.91. The molecule has 2 N–H and O–H groups in total. The predicted octanol–water partition coefficient (Wildman–Crippen LogP) is -2.86. The molecule has 0 aromatic carbocycles. The van der Waals surface area contributed by atoms with Crippen molar-refractivity contribution in [2.24, 2.45) is 5.73 Å². The first kappa shape index (κ1) is 8.89. The van der Waals surface area contributed by atoms with Crippen molar-refractivity contribution in [3.8, 4) is 0 Å². The summed E-state index contributed by atoms with van der Waals surface area (Å²) in [7, 11) is 0. The van der Waals surface area contributed by atoms with Gasteiger partial charge in [-0.2, -0.15) is 0 Å². The second-order valence-electron chi connectivity index (χ2n) is 0.524. The zero-order chi connectivity index (χ0) is 3.41. The van der Waals surface area contributed by atoms with Crippen LogP contribution in [-0.4, -0.2) is 6.54 Å². The van der Waals surface area contributed by atoms with Gasteiger partial charge in [0.2, 0.25) is 0 Å². The molecule has 0 heterocycles. The zero-order valence-electron chi connectivity index (χ0n) is 2.95. The molecule has 0 aliphatic heterocycles. The average molecular weight is 92.5 g/mol. The van der Waals surface area contributed by atoms with E-state index in [0.29, 0.717) is 6.54 Å². The summed E-state index contributed by atoms with van der Waals surface area (Å²) in [5.74, 6) is 0. The van der Waals surface area contributed by atoms with E-state index in [1.54, 1.807) is 6.08 Å². The van der Waals surface area contributed by atoms with Crippen LogP contribution in [0.3, 0.4) is 0 Å². The number of hydrogen-bond acceptors (Lipinski definition) is 1. The Labute approximate surface area is 38.3 Å². The highest BCUT2D eigenvalue weighted by atomic mass is 35.5. The summed E-state index contributed by atoms with van der Waals surface area (Å²) in [6.07, 6.45) is 1.65. The standard InChI is InChI=1S/C3H7N.ClH/c1-2-3-4;/h2H,1,3-4H2;1H/p-1. The Morgan fingerprint density at radius 1 is 1.80 bits per heavy atom. The summed E-state index contributed by atoms with van der Waals surface area (Å²) in [6, 6.07) is 0. The molecule has 0 unspecified atom stereocenters. The van der Waals surface area contributed by atoms with E-state index in [4.69, 9.17) is 5.73 Å². The van der Waals surface area contributed by atoms with Gasteiger partial charge in [0.25, 0.3) is 0 Å². The normalized spacial score (nSPS) is 5.00. The Bertz CT molecular complexity index is 20.9. The predicted molar refractivity (Wildman–Crippen MR) is 19.3 cm³/mol. The molecule has 0 amide bonds. The van der Waals surface area contributed by atoms with E-state index in [2.05, 4.69) is 6.58 Å². The Morgan fingerprint density at radius 2 is 2.00 bits per heavy atom. The van der Waals surface area contributed by atoms with Crippen molar-refractivity contribution < 1.29 is 12.4 Å². The van der Waals surface area contributed by atoms with Gasteiger partial charge in [-0.15, -0.1) is 6.58 Å². The van der Waals surface area contributed by atoms with Gasteiger partial charge in [-0.25, -0.2) is 0 Å². The maximum Gasteiger partial charge on any atom is 0.0104 e. The summed E-state index contributed by atoms with van der Waals surface area (Å²) < 4.78 is 0. The van der Waals surface area contributed by atoms with E-state index in [9.17, 15) is 0 Å². The van der Waals surface area contributed by atoms with Crippen molar-refractivity contribution in [3.05, 3.63) is 12.7 Å². The monoisotopic (exact) mass is 92.0 g/mol. The van der Waals surface area contributed by atoms with E-state index in [0.717, 1.165) is 0 Å². The summed E-state index contributed by atoms with van der Waals surface area (Å²) in [6.45, 7) is 3.94. The van der Waals surface area contributed by atoms with Crippen LogP contribution >= 0.6 is 0 Å². The highest BCUT2D eigenvalue weighted by Gasteiger charge is 1.43. The lowest BCUT2D eigenvalue weighted by Gasteiger charge is -1.61. The number of halogens is 1. The van der Waals surface area contributed by atoms with Gasteiger partial charge in [-0.05, 0) is 0 Å². The summed E-state index contributed by atoms with van der Waals surface area (Å²) in [5, 5.41) is 0. The van der Waals surface area contributed by atoms with Crippen LogP contribution in [0.25, 0.3) is 0 Å². The van der Waals surface area contributed by atoms with Crippen LogP contribution in [0.5, 0.6) is 0 Å². The topological polar surface area (TPSA) is 26.0 Å². The summed E-state index contributed by atoms with van der Waals surface area (Å²) >= 11 is 0. The molecule has 0 aromatic heterocycles. The Morgan fingerprint density at radius 3 is 2.00 bits per heavy atom. The lowest BCUT2D eigenvalue weighted by molar-refractivity contribution is -0.000000967. The van der Waals surface area contributed by atoms with Gasteiger partial charge in [0.1, 0.15) is 0 Å². The lowest BCUT2D eigenvalue weighted by atomic mass is 10.7. The third-order valence-electron chi connectivity index (χ3n) is 0.167. The molecule has 0 atom stereocenters. The van der Waals surface area contributed by atoms with Crippen LogP contribution in [-0.2, 0) is 0 Å². The first-order valence-electron chi connectivity index (χ1n) is 1.22. The van der Waals surface area contributed by atoms with Crippen LogP contribution in [0, 0.1) is 0 Å². The quantitative estimate of drug-likeness (QED) is 0.346. The van der Waals surface area contributed by atoms with Gasteiger partial charge in [-0.3, -0.25) is 0 Å². The van der Waals surface area contributed by atoms with Crippen molar-refractivity contribution >= 4 is 0 Å². The highest BCUT2D eigenvalue weighted by molar-refractivity contribution is 4.64. The SMILES string of the molecule is C=CCN.[Cl-]. The van der Waals surface area contributed by atoms with Gasteiger partial charge in [0.05, 0.1) is 0 Å². The Balaban J connectivity index is 0. The first-order chi connectivity index (χ1) is 1.91. The molecular formula is C3H7ClN-. The largest absolute Gasteiger partial charge is 1.00 e. The molecule has 1 nitrogen and oxygen atoms in total. The number of nitrogens with two attached hydrogens (primary N) is 1. The van der Waals surface area contributed by atoms with Gasteiger partial charge in [0.15, 0.2) is 0 Å². The fourth-order valence-electron chi connectivity index (χ4n) is 0. The van der Waals surface area contributed by atoms with Crippen molar-refractivity contribution in [2.45, 2.75) is 0 Å². The number of hydrogen-bond donors (Lipinski definition) is 1. The minimum Gasteiger partial charge on any atom is -1.00 e. The minimum absolute atomic E-state index is 0. The lowest BCUT2D eigenvalue weighted by Crippen LogP contribution is -3.00. The summed E-state index contributed by atoms with van der Waals surface area (Å²) in [4.78, 5) is 0. The molecule has 32 valence electrons. The highest BCUT2D eigenvalue weighted by Crippen LogP contribution is 1.40. The van der Waals surface area contributed by atoms with Crippen LogP contribution in [0.2, 0.25) is 0 Å². The Kier molecular flexibility index (Phi) is 16.0. The third-order valence-corrected chi connectivity index (χ3v) is 0.167. The fourth-order valence-corrected chi connectivity index (χ4v) is 0. The van der Waals surface area contributed by atoms with Gasteiger partial charge in [-0.1, -0.05) is 6.08 Å². The molecule has 0 bridgehead atoms. The van der Waals surface area contributed by atoms with E-state index >= 15 is 0 Å². The average Bonchev–Trinajstić information content (AvgIpc) is 1.37. The molecule has 5 heavy (non-hydrogen) atoms. The minimum atomic E-state index is 0. The van der Waals surface area contributed by atoms with Crippen LogP contribution in [0.15, 0.2) is 12.7 Å². The van der Waals surface area contributed by atoms with Crippen molar-refractivity contribution in [1.82, 2.24) is 0 Å². The van der Waals surface area contributed by atoms with Crippen LogP contribution in [0.4, 0.5) is 0 Å². The van der Waals surface area contributed by atoms with Gasteiger partial charge < -0.3 is 18.1 Å². The molecular weight excluding hydrogens is 85.5 g/mol. The second kappa shape index (κ2) is 9.01. The fraction of sp³-hybridized carbons (Fsp3) is 0.333. The molecule has 0 saturated heterocycles. The van der Waals surface area contributed by atoms with E-state index in [1.807, 2.05) is 0 Å². The Hall–Kier alpha value is -0.0100. The molecule has 0 fully saturated rings. The third kappa shape index (κ3) is 16.1. The van der Waals surface area contributed by atoms with Crippen molar-refractivity contribution in [2.75, 3.05) is 6.54 Å². The van der Waals surface area contributed by atoms with Crippen LogP contribution in [0.1, 0.15) is 0 Å². The molecule has 0 aliphatic carbocycles. The van der Waals surface area contributed by atoms with Gasteiger partial charge in [0, 0.05) is 6.54 Å². The van der Waals surface area contributed by atoms with Crippen molar-refractivity contribution in [1.29, 1.82) is 0 Å². The maximum atomic E-state index is 4.91. The molecule has 0 saturated carbocycles. The van der Waals surface area contributed by atoms with E-state index < -0.39 is 0 Å². The first-order valence-corrected chi connectivity index (χ1v) is 1.22. The van der Waals surface area contributed by atoms with Gasteiger partial charge >= 0.3 is 0 Å². The second-order valence-corrected chi connectivity index (χ2v) is 0.524. The molecule has 0 rings (SSSR count). The molecule has 0 radical (unpaired) electrons. The van der Waals surface area contributed by atoms with Crippen molar-refractivity contribution in [3.63, 3.8) is 0 Å². The smallest absolute Gasteiger partial charge is 0.0104 e. The maximum absolute atomic E-state index is 4.91. The zero-order valence-corrected chi connectivity index (χ0v) is 3.70.